The van der Waals surface area contributed by atoms with Gasteiger partial charge in [-0.15, -0.1) is 0 Å². The molecule has 2 rings (SSSR count). The quantitative estimate of drug-likeness (QED) is 0.319. The van der Waals surface area contributed by atoms with Crippen LogP contribution in [0.15, 0.2) is 50.8 Å². The molecule has 0 atom stereocenters. The number of hydrogen-bond donors (Lipinski definition) is 3. The highest BCUT2D eigenvalue weighted by Gasteiger charge is 2.27. The maximum Gasteiger partial charge on any atom is 0.247 e. The van der Waals surface area contributed by atoms with Crippen molar-refractivity contribution in [2.45, 2.75) is 18.2 Å². The van der Waals surface area contributed by atoms with Crippen molar-refractivity contribution in [2.75, 3.05) is 31.3 Å². The molecule has 0 fully saturated rings. The molecule has 28 heavy (non-hydrogen) atoms. The zero-order valence-corrected chi connectivity index (χ0v) is 18.9. The van der Waals surface area contributed by atoms with Gasteiger partial charge in [0, 0.05) is 25.1 Å². The summed E-state index contributed by atoms with van der Waals surface area (Å²) in [5, 5.41) is 16.6. The van der Waals surface area contributed by atoms with Crippen LogP contribution in [0.3, 0.4) is 0 Å². The van der Waals surface area contributed by atoms with Gasteiger partial charge < -0.3 is 15.7 Å². The summed E-state index contributed by atoms with van der Waals surface area (Å²) < 4.78 is 26.9. The minimum Gasteiger partial charge on any atom is -0.504 e. The standard InChI is InChI=1S/C18H22BrClN4O3S/c1-4-11-21-18(22-14-8-6-5-7-12(14)19)23-15-10-9-13(20)17(16(15)25)28(26,27)24(2)3/h5-10,25H,4,11H2,1-3H3,(H2,21,22,23). The van der Waals surface area contributed by atoms with Gasteiger partial charge in [0.2, 0.25) is 10.0 Å². The largest absolute Gasteiger partial charge is 0.504 e. The Morgan fingerprint density at radius 3 is 2.43 bits per heavy atom. The van der Waals surface area contributed by atoms with E-state index in [1.807, 2.05) is 31.2 Å². The van der Waals surface area contributed by atoms with E-state index in [1.54, 1.807) is 0 Å². The molecule has 0 unspecified atom stereocenters. The Labute approximate surface area is 178 Å². The van der Waals surface area contributed by atoms with E-state index in [-0.39, 0.29) is 15.6 Å². The Bertz CT molecular complexity index is 981. The summed E-state index contributed by atoms with van der Waals surface area (Å²) in [5.74, 6) is -0.112. The number of anilines is 2. The number of phenolic OH excluding ortho intramolecular Hbond substituents is 1. The maximum atomic E-state index is 12.5. The highest BCUT2D eigenvalue weighted by Crippen LogP contribution is 2.38. The van der Waals surface area contributed by atoms with E-state index < -0.39 is 15.8 Å². The van der Waals surface area contributed by atoms with Crippen LogP contribution in [0.5, 0.6) is 5.75 Å². The van der Waals surface area contributed by atoms with E-state index in [0.717, 1.165) is 20.9 Å². The van der Waals surface area contributed by atoms with Gasteiger partial charge in [0.25, 0.3) is 0 Å². The molecular weight excluding hydrogens is 468 g/mol. The number of halogens is 2. The van der Waals surface area contributed by atoms with Gasteiger partial charge >= 0.3 is 0 Å². The highest BCUT2D eigenvalue weighted by atomic mass is 79.9. The summed E-state index contributed by atoms with van der Waals surface area (Å²) in [6.45, 7) is 2.53. The number of nitrogens with zero attached hydrogens (tertiary/aromatic N) is 2. The van der Waals surface area contributed by atoms with Gasteiger partial charge in [-0.05, 0) is 46.6 Å². The molecule has 0 radical (unpaired) electrons. The molecule has 0 aliphatic rings. The summed E-state index contributed by atoms with van der Waals surface area (Å²) in [6.07, 6.45) is 0.815. The third-order valence-corrected chi connectivity index (χ3v) is 6.70. The second kappa shape index (κ2) is 9.60. The SMILES string of the molecule is CCCN=C(Nc1ccccc1Br)Nc1ccc(Cl)c(S(=O)(=O)N(C)C)c1O. The van der Waals surface area contributed by atoms with E-state index in [4.69, 9.17) is 11.6 Å². The van der Waals surface area contributed by atoms with Crippen molar-refractivity contribution >= 4 is 54.9 Å². The average molecular weight is 490 g/mol. The average Bonchev–Trinajstić information content (AvgIpc) is 2.63. The molecule has 0 aliphatic carbocycles. The van der Waals surface area contributed by atoms with Crippen LogP contribution in [0, 0.1) is 0 Å². The van der Waals surface area contributed by atoms with Gasteiger partial charge in [-0.25, -0.2) is 12.7 Å². The molecule has 3 N–H and O–H groups in total. The molecule has 2 aromatic carbocycles. The first-order valence-electron chi connectivity index (χ1n) is 8.45. The predicted octanol–water partition coefficient (Wildman–Crippen LogP) is 4.35. The highest BCUT2D eigenvalue weighted by molar-refractivity contribution is 9.10. The van der Waals surface area contributed by atoms with E-state index in [1.165, 1.54) is 26.2 Å². The number of phenols is 1. The van der Waals surface area contributed by atoms with Crippen LogP contribution in [0.2, 0.25) is 5.02 Å². The molecule has 0 aliphatic heterocycles. The van der Waals surface area contributed by atoms with Crippen molar-refractivity contribution in [2.24, 2.45) is 4.99 Å². The van der Waals surface area contributed by atoms with Crippen molar-refractivity contribution in [3.8, 4) is 5.75 Å². The van der Waals surface area contributed by atoms with Crippen LogP contribution in [0.1, 0.15) is 13.3 Å². The fourth-order valence-corrected chi connectivity index (χ4v) is 4.09. The minimum atomic E-state index is -3.94. The summed E-state index contributed by atoms with van der Waals surface area (Å²) in [5.41, 5.74) is 0.929. The number of hydrogen-bond acceptors (Lipinski definition) is 4. The van der Waals surface area contributed by atoms with Crippen molar-refractivity contribution in [1.29, 1.82) is 0 Å². The number of aliphatic imine (C=N–C) groups is 1. The maximum absolute atomic E-state index is 12.5. The smallest absolute Gasteiger partial charge is 0.247 e. The van der Waals surface area contributed by atoms with Crippen LogP contribution in [-0.4, -0.2) is 44.4 Å². The molecule has 0 bridgehead atoms. The van der Waals surface area contributed by atoms with Crippen LogP contribution in [0.4, 0.5) is 11.4 Å². The molecule has 0 saturated carbocycles. The predicted molar refractivity (Wildman–Crippen MR) is 118 cm³/mol. The Hall–Kier alpha value is -1.81. The molecule has 152 valence electrons. The molecule has 0 heterocycles. The number of benzene rings is 2. The van der Waals surface area contributed by atoms with Crippen LogP contribution >= 0.6 is 27.5 Å². The molecule has 7 nitrogen and oxygen atoms in total. The lowest BCUT2D eigenvalue weighted by Gasteiger charge is -2.18. The van der Waals surface area contributed by atoms with Crippen molar-refractivity contribution in [1.82, 2.24) is 4.31 Å². The van der Waals surface area contributed by atoms with Gasteiger partial charge in [-0.2, -0.15) is 0 Å². The number of aromatic hydroxyl groups is 1. The lowest BCUT2D eigenvalue weighted by Crippen LogP contribution is -2.25. The summed E-state index contributed by atoms with van der Waals surface area (Å²) in [4.78, 5) is 4.07. The van der Waals surface area contributed by atoms with Crippen molar-refractivity contribution < 1.29 is 13.5 Å². The monoisotopic (exact) mass is 488 g/mol. The Morgan fingerprint density at radius 1 is 1.18 bits per heavy atom. The molecule has 2 aromatic rings. The van der Waals surface area contributed by atoms with Gasteiger partial charge in [0.1, 0.15) is 4.90 Å². The third-order valence-electron chi connectivity index (χ3n) is 3.70. The second-order valence-corrected chi connectivity index (χ2v) is 9.37. The fourth-order valence-electron chi connectivity index (χ4n) is 2.23. The van der Waals surface area contributed by atoms with Crippen molar-refractivity contribution in [3.05, 3.63) is 45.9 Å². The molecular formula is C18H22BrClN4O3S. The van der Waals surface area contributed by atoms with Gasteiger partial charge in [0.15, 0.2) is 11.7 Å². The number of para-hydroxylation sites is 1. The van der Waals surface area contributed by atoms with Gasteiger partial charge in [-0.3, -0.25) is 4.99 Å². The molecule has 0 amide bonds. The van der Waals surface area contributed by atoms with E-state index >= 15 is 0 Å². The first kappa shape index (κ1) is 22.5. The lowest BCUT2D eigenvalue weighted by atomic mass is 10.3. The third kappa shape index (κ3) is 5.16. The van der Waals surface area contributed by atoms with E-state index in [0.29, 0.717) is 12.5 Å². The first-order chi connectivity index (χ1) is 13.2. The van der Waals surface area contributed by atoms with E-state index in [2.05, 4.69) is 31.6 Å². The van der Waals surface area contributed by atoms with Gasteiger partial charge in [-0.1, -0.05) is 30.7 Å². The summed E-state index contributed by atoms with van der Waals surface area (Å²) >= 11 is 9.51. The molecule has 0 saturated heterocycles. The number of nitrogens with one attached hydrogen (secondary N) is 2. The topological polar surface area (TPSA) is 94.0 Å². The summed E-state index contributed by atoms with van der Waals surface area (Å²) in [6, 6.07) is 10.4. The number of sulfonamides is 1. The van der Waals surface area contributed by atoms with Crippen LogP contribution in [0.25, 0.3) is 0 Å². The zero-order chi connectivity index (χ0) is 20.9. The first-order valence-corrected chi connectivity index (χ1v) is 11.1. The Balaban J connectivity index is 2.44. The Morgan fingerprint density at radius 2 is 1.82 bits per heavy atom. The molecule has 10 heteroatoms. The fraction of sp³-hybridized carbons (Fsp3) is 0.278. The number of rotatable bonds is 6. The zero-order valence-electron chi connectivity index (χ0n) is 15.7. The van der Waals surface area contributed by atoms with Crippen LogP contribution < -0.4 is 10.6 Å². The molecule has 0 aromatic heterocycles. The normalized spacial score (nSPS) is 12.3. The minimum absolute atomic E-state index is 0.0671. The molecule has 0 spiro atoms. The van der Waals surface area contributed by atoms with E-state index in [9.17, 15) is 13.5 Å². The van der Waals surface area contributed by atoms with Crippen molar-refractivity contribution in [3.63, 3.8) is 0 Å². The van der Waals surface area contributed by atoms with Gasteiger partial charge in [0.05, 0.1) is 16.4 Å². The Kier molecular flexibility index (Phi) is 7.70. The lowest BCUT2D eigenvalue weighted by molar-refractivity contribution is 0.455. The second-order valence-electron chi connectivity index (χ2n) is 6.02. The number of guanidine groups is 1. The summed E-state index contributed by atoms with van der Waals surface area (Å²) in [7, 11) is -1.20. The van der Waals surface area contributed by atoms with Crippen LogP contribution in [-0.2, 0) is 10.0 Å².